The van der Waals surface area contributed by atoms with E-state index in [0.717, 1.165) is 0 Å². The molecule has 8 heteroatoms. The number of nitriles is 1. The van der Waals surface area contributed by atoms with E-state index >= 15 is 0 Å². The van der Waals surface area contributed by atoms with Crippen LogP contribution in [0.25, 0.3) is 17.4 Å². The second-order valence-corrected chi connectivity index (χ2v) is 6.62. The Kier molecular flexibility index (Phi) is 6.03. The van der Waals surface area contributed by atoms with Crippen molar-refractivity contribution in [2.24, 2.45) is 0 Å². The fourth-order valence-electron chi connectivity index (χ4n) is 2.47. The number of anilines is 1. The first-order valence-electron chi connectivity index (χ1n) is 8.20. The Morgan fingerprint density at radius 2 is 1.83 bits per heavy atom. The summed E-state index contributed by atoms with van der Waals surface area (Å²) in [6.07, 6.45) is 1.28. The van der Waals surface area contributed by atoms with Crippen molar-refractivity contribution >= 4 is 46.8 Å². The van der Waals surface area contributed by atoms with E-state index in [2.05, 4.69) is 5.32 Å². The Bertz CT molecular complexity index is 1180. The second-order valence-electron chi connectivity index (χ2n) is 5.81. The number of carboxylic acid groups (broad SMARTS) is 1. The molecule has 0 aliphatic carbocycles. The molecule has 2 aromatic carbocycles. The van der Waals surface area contributed by atoms with Crippen molar-refractivity contribution < 1.29 is 19.1 Å². The van der Waals surface area contributed by atoms with Gasteiger partial charge in [-0.2, -0.15) is 5.26 Å². The Labute approximate surface area is 175 Å². The number of carbonyl (C=O) groups is 2. The van der Waals surface area contributed by atoms with Gasteiger partial charge in [0, 0.05) is 11.6 Å². The Morgan fingerprint density at radius 3 is 2.52 bits per heavy atom. The molecule has 0 aliphatic rings. The SMILES string of the molecule is N#C/C(=C\c1ccc(-c2ccc(Cl)c(C(=O)O)c2)o1)C(=O)Nc1ccccc1Cl. The summed E-state index contributed by atoms with van der Waals surface area (Å²) >= 11 is 11.9. The third-order valence-electron chi connectivity index (χ3n) is 3.88. The lowest BCUT2D eigenvalue weighted by Gasteiger charge is -2.05. The highest BCUT2D eigenvalue weighted by molar-refractivity contribution is 6.34. The normalized spacial score (nSPS) is 11.0. The van der Waals surface area contributed by atoms with Crippen LogP contribution in [0.15, 0.2) is 64.6 Å². The van der Waals surface area contributed by atoms with E-state index in [1.807, 2.05) is 6.07 Å². The first-order chi connectivity index (χ1) is 13.9. The monoisotopic (exact) mass is 426 g/mol. The van der Waals surface area contributed by atoms with Crippen LogP contribution in [0.1, 0.15) is 16.1 Å². The maximum absolute atomic E-state index is 12.4. The lowest BCUT2D eigenvalue weighted by molar-refractivity contribution is -0.112. The number of carbonyl (C=O) groups excluding carboxylic acids is 1. The summed E-state index contributed by atoms with van der Waals surface area (Å²) in [5.41, 5.74) is 0.621. The molecule has 6 nitrogen and oxygen atoms in total. The fraction of sp³-hybridized carbons (Fsp3) is 0. The van der Waals surface area contributed by atoms with Gasteiger partial charge in [0.05, 0.1) is 21.3 Å². The molecular weight excluding hydrogens is 415 g/mol. The number of carboxylic acids is 1. The minimum atomic E-state index is -1.16. The van der Waals surface area contributed by atoms with Gasteiger partial charge in [-0.1, -0.05) is 35.3 Å². The Balaban J connectivity index is 1.85. The van der Waals surface area contributed by atoms with Gasteiger partial charge in [-0.05, 0) is 42.5 Å². The number of benzene rings is 2. The molecular formula is C21H12Cl2N2O4. The molecule has 29 heavy (non-hydrogen) atoms. The summed E-state index contributed by atoms with van der Waals surface area (Å²) in [4.78, 5) is 23.6. The van der Waals surface area contributed by atoms with Gasteiger partial charge in [-0.15, -0.1) is 0 Å². The number of amides is 1. The molecule has 0 bridgehead atoms. The van der Waals surface area contributed by atoms with Crippen molar-refractivity contribution in [1.82, 2.24) is 0 Å². The van der Waals surface area contributed by atoms with Gasteiger partial charge in [0.1, 0.15) is 23.2 Å². The van der Waals surface area contributed by atoms with Gasteiger partial charge < -0.3 is 14.8 Å². The summed E-state index contributed by atoms with van der Waals surface area (Å²) in [6, 6.07) is 16.1. The maximum atomic E-state index is 12.4. The van der Waals surface area contributed by atoms with Crippen molar-refractivity contribution in [2.45, 2.75) is 0 Å². The number of nitrogens with zero attached hydrogens (tertiary/aromatic N) is 1. The van der Waals surface area contributed by atoms with E-state index in [9.17, 15) is 20.0 Å². The molecule has 1 aromatic heterocycles. The highest BCUT2D eigenvalue weighted by Gasteiger charge is 2.14. The average molecular weight is 427 g/mol. The summed E-state index contributed by atoms with van der Waals surface area (Å²) in [6.45, 7) is 0. The van der Waals surface area contributed by atoms with E-state index in [4.69, 9.17) is 27.6 Å². The number of hydrogen-bond acceptors (Lipinski definition) is 4. The number of halogens is 2. The molecule has 3 aromatic rings. The standard InChI is InChI=1S/C21H12Cl2N2O4/c22-16-7-5-12(10-15(16)21(27)28)19-8-6-14(29-19)9-13(11-24)20(26)25-18-4-2-1-3-17(18)23/h1-10H,(H,25,26)(H,27,28)/b13-9+. The number of hydrogen-bond donors (Lipinski definition) is 2. The zero-order valence-corrected chi connectivity index (χ0v) is 16.2. The first-order valence-corrected chi connectivity index (χ1v) is 8.95. The lowest BCUT2D eigenvalue weighted by atomic mass is 10.1. The van der Waals surface area contributed by atoms with Crippen molar-refractivity contribution in [3.8, 4) is 17.4 Å². The molecule has 0 spiro atoms. The molecule has 0 atom stereocenters. The molecule has 1 heterocycles. The van der Waals surface area contributed by atoms with Crippen molar-refractivity contribution in [3.05, 3.63) is 81.5 Å². The smallest absolute Gasteiger partial charge is 0.337 e. The third-order valence-corrected chi connectivity index (χ3v) is 4.54. The molecule has 0 fully saturated rings. The van der Waals surface area contributed by atoms with Crippen LogP contribution >= 0.6 is 23.2 Å². The molecule has 2 N–H and O–H groups in total. The van der Waals surface area contributed by atoms with Crippen molar-refractivity contribution in [1.29, 1.82) is 5.26 Å². The minimum Gasteiger partial charge on any atom is -0.478 e. The number of aromatic carboxylic acids is 1. The van der Waals surface area contributed by atoms with E-state index in [1.54, 1.807) is 42.5 Å². The molecule has 0 saturated heterocycles. The molecule has 0 aliphatic heterocycles. The van der Waals surface area contributed by atoms with E-state index in [1.165, 1.54) is 18.2 Å². The van der Waals surface area contributed by atoms with Gasteiger partial charge in [-0.25, -0.2) is 4.79 Å². The topological polar surface area (TPSA) is 103 Å². The van der Waals surface area contributed by atoms with E-state index < -0.39 is 11.9 Å². The summed E-state index contributed by atoms with van der Waals surface area (Å²) in [5.74, 6) is -1.19. The minimum absolute atomic E-state index is 0.0607. The van der Waals surface area contributed by atoms with Gasteiger partial charge in [0.25, 0.3) is 5.91 Å². The molecule has 1 amide bonds. The second kappa shape index (κ2) is 8.65. The highest BCUT2D eigenvalue weighted by Crippen LogP contribution is 2.28. The summed E-state index contributed by atoms with van der Waals surface area (Å²) in [5, 5.41) is 21.5. The van der Waals surface area contributed by atoms with Crippen LogP contribution in [0.2, 0.25) is 10.0 Å². The fourth-order valence-corrected chi connectivity index (χ4v) is 2.85. The molecule has 144 valence electrons. The molecule has 0 saturated carbocycles. The van der Waals surface area contributed by atoms with Crippen LogP contribution in [-0.2, 0) is 4.79 Å². The van der Waals surface area contributed by atoms with Crippen molar-refractivity contribution in [2.75, 3.05) is 5.32 Å². The van der Waals surface area contributed by atoms with Crippen LogP contribution < -0.4 is 5.32 Å². The van der Waals surface area contributed by atoms with Crippen molar-refractivity contribution in [3.63, 3.8) is 0 Å². The van der Waals surface area contributed by atoms with Crippen LogP contribution in [0, 0.1) is 11.3 Å². The lowest BCUT2D eigenvalue weighted by Crippen LogP contribution is -2.13. The maximum Gasteiger partial charge on any atom is 0.337 e. The van der Waals surface area contributed by atoms with Crippen LogP contribution in [0.4, 0.5) is 5.69 Å². The summed E-state index contributed by atoms with van der Waals surface area (Å²) < 4.78 is 5.63. The van der Waals surface area contributed by atoms with Crippen LogP contribution in [-0.4, -0.2) is 17.0 Å². The predicted octanol–water partition coefficient (Wildman–Crippen LogP) is 5.50. The summed E-state index contributed by atoms with van der Waals surface area (Å²) in [7, 11) is 0. The average Bonchev–Trinajstić information content (AvgIpc) is 3.16. The molecule has 3 rings (SSSR count). The zero-order valence-electron chi connectivity index (χ0n) is 14.6. The van der Waals surface area contributed by atoms with E-state index in [0.29, 0.717) is 22.0 Å². The van der Waals surface area contributed by atoms with Gasteiger partial charge in [0.2, 0.25) is 0 Å². The third kappa shape index (κ3) is 4.66. The van der Waals surface area contributed by atoms with Gasteiger partial charge in [0.15, 0.2) is 0 Å². The zero-order chi connectivity index (χ0) is 21.0. The largest absolute Gasteiger partial charge is 0.478 e. The Morgan fingerprint density at radius 1 is 1.07 bits per heavy atom. The predicted molar refractivity (Wildman–Crippen MR) is 110 cm³/mol. The molecule has 0 unspecified atom stereocenters. The number of nitrogens with one attached hydrogen (secondary N) is 1. The van der Waals surface area contributed by atoms with Gasteiger partial charge >= 0.3 is 5.97 Å². The van der Waals surface area contributed by atoms with Crippen LogP contribution in [0.3, 0.4) is 0 Å². The number of para-hydroxylation sites is 1. The van der Waals surface area contributed by atoms with Crippen LogP contribution in [0.5, 0.6) is 0 Å². The van der Waals surface area contributed by atoms with E-state index in [-0.39, 0.29) is 21.9 Å². The van der Waals surface area contributed by atoms with Gasteiger partial charge in [-0.3, -0.25) is 4.79 Å². The quantitative estimate of drug-likeness (QED) is 0.414. The highest BCUT2D eigenvalue weighted by atomic mass is 35.5. The molecule has 0 radical (unpaired) electrons. The number of furan rings is 1. The number of rotatable bonds is 5. The Hall–Kier alpha value is -3.53. The first kappa shape index (κ1) is 20.2.